The van der Waals surface area contributed by atoms with Crippen molar-refractivity contribution in [3.05, 3.63) is 0 Å². The Bertz CT molecular complexity index is 380. The summed E-state index contributed by atoms with van der Waals surface area (Å²) in [7, 11) is 0. The maximum absolute atomic E-state index is 12.1. The van der Waals surface area contributed by atoms with Gasteiger partial charge in [-0.15, -0.1) is 0 Å². The van der Waals surface area contributed by atoms with Crippen molar-refractivity contribution < 1.29 is 9.59 Å². The van der Waals surface area contributed by atoms with E-state index < -0.39 is 0 Å². The molecule has 0 aromatic carbocycles. The van der Waals surface area contributed by atoms with Crippen molar-refractivity contribution in [2.75, 3.05) is 32.7 Å². The Labute approximate surface area is 140 Å². The zero-order valence-electron chi connectivity index (χ0n) is 14.7. The summed E-state index contributed by atoms with van der Waals surface area (Å²) < 4.78 is 0. The molecule has 1 heterocycles. The molecule has 1 saturated heterocycles. The lowest BCUT2D eigenvalue weighted by atomic mass is 10.2. The Balaban J connectivity index is 1.61. The minimum Gasteiger partial charge on any atom is -0.355 e. The molecule has 0 unspecified atom stereocenters. The molecule has 0 bridgehead atoms. The van der Waals surface area contributed by atoms with Crippen molar-refractivity contribution in [2.45, 2.75) is 70.8 Å². The number of likely N-dealkylation sites (tertiary alicyclic amines) is 1. The van der Waals surface area contributed by atoms with Gasteiger partial charge >= 0.3 is 0 Å². The van der Waals surface area contributed by atoms with E-state index in [0.717, 1.165) is 45.3 Å². The maximum Gasteiger partial charge on any atom is 0.234 e. The van der Waals surface area contributed by atoms with E-state index in [4.69, 9.17) is 0 Å². The molecular weight excluding hydrogens is 290 g/mol. The number of rotatable bonds is 8. The first-order valence-corrected chi connectivity index (χ1v) is 9.49. The first-order chi connectivity index (χ1) is 11.2. The van der Waals surface area contributed by atoms with E-state index in [0.29, 0.717) is 25.6 Å². The lowest BCUT2D eigenvalue weighted by molar-refractivity contribution is -0.130. The fraction of sp³-hybridized carbons (Fsp3) is 0.889. The van der Waals surface area contributed by atoms with Crippen LogP contribution in [0.25, 0.3) is 0 Å². The quantitative estimate of drug-likeness (QED) is 0.697. The Morgan fingerprint density at radius 1 is 1.22 bits per heavy atom. The van der Waals surface area contributed by atoms with Crippen LogP contribution in [0.4, 0.5) is 0 Å². The molecule has 5 heteroatoms. The summed E-state index contributed by atoms with van der Waals surface area (Å²) in [6.45, 7) is 5.93. The molecule has 0 aromatic rings. The predicted octanol–water partition coefficient (Wildman–Crippen LogP) is 2.16. The third-order valence-corrected chi connectivity index (χ3v) is 5.19. The Hall–Kier alpha value is -1.10. The zero-order chi connectivity index (χ0) is 16.5. The first kappa shape index (κ1) is 18.2. The van der Waals surface area contributed by atoms with Gasteiger partial charge in [-0.05, 0) is 38.6 Å². The first-order valence-electron chi connectivity index (χ1n) is 9.49. The number of carbonyl (C=O) groups excluding carboxylic acids is 2. The van der Waals surface area contributed by atoms with Crippen LogP contribution < -0.4 is 5.32 Å². The second-order valence-electron chi connectivity index (χ2n) is 6.90. The summed E-state index contributed by atoms with van der Waals surface area (Å²) in [5.41, 5.74) is 0. The van der Waals surface area contributed by atoms with Gasteiger partial charge in [0, 0.05) is 32.1 Å². The molecule has 1 aliphatic heterocycles. The van der Waals surface area contributed by atoms with E-state index >= 15 is 0 Å². The highest BCUT2D eigenvalue weighted by atomic mass is 16.2. The molecule has 23 heavy (non-hydrogen) atoms. The van der Waals surface area contributed by atoms with Gasteiger partial charge in [-0.1, -0.05) is 26.2 Å². The second kappa shape index (κ2) is 9.91. The normalized spacial score (nSPS) is 20.1. The Morgan fingerprint density at radius 3 is 2.74 bits per heavy atom. The highest BCUT2D eigenvalue weighted by Gasteiger charge is 2.23. The third kappa shape index (κ3) is 6.13. The minimum absolute atomic E-state index is 0.126. The average molecular weight is 323 g/mol. The fourth-order valence-corrected chi connectivity index (χ4v) is 3.78. The summed E-state index contributed by atoms with van der Waals surface area (Å²) in [6.07, 6.45) is 9.92. The number of carbonyl (C=O) groups is 2. The molecule has 5 nitrogen and oxygen atoms in total. The number of hydrogen-bond donors (Lipinski definition) is 1. The van der Waals surface area contributed by atoms with Crippen LogP contribution in [-0.4, -0.2) is 60.4 Å². The number of amides is 2. The number of likely N-dealkylation sites (N-methyl/N-ethyl adjacent to an activating group) is 1. The highest BCUT2D eigenvalue weighted by Crippen LogP contribution is 2.22. The number of nitrogens with zero attached hydrogens (tertiary/aromatic N) is 2. The largest absolute Gasteiger partial charge is 0.355 e. The van der Waals surface area contributed by atoms with E-state index in [-0.39, 0.29) is 11.8 Å². The van der Waals surface area contributed by atoms with Gasteiger partial charge in [0.15, 0.2) is 0 Å². The topological polar surface area (TPSA) is 52.7 Å². The van der Waals surface area contributed by atoms with Crippen molar-refractivity contribution in [3.63, 3.8) is 0 Å². The van der Waals surface area contributed by atoms with Gasteiger partial charge in [0.2, 0.25) is 11.8 Å². The highest BCUT2D eigenvalue weighted by molar-refractivity contribution is 5.78. The summed E-state index contributed by atoms with van der Waals surface area (Å²) in [6, 6.07) is 0.598. The zero-order valence-corrected chi connectivity index (χ0v) is 14.7. The van der Waals surface area contributed by atoms with Crippen LogP contribution in [0.5, 0.6) is 0 Å². The molecule has 2 amide bonds. The average Bonchev–Trinajstić information content (AvgIpc) is 3.00. The maximum atomic E-state index is 12.1. The molecule has 1 saturated carbocycles. The SMILES string of the molecule is CCN(CC(=O)NCCCN1CCCCCC1=O)C1CCCC1. The molecule has 0 spiro atoms. The van der Waals surface area contributed by atoms with Gasteiger partial charge in [-0.25, -0.2) is 0 Å². The van der Waals surface area contributed by atoms with Gasteiger partial charge < -0.3 is 10.2 Å². The third-order valence-electron chi connectivity index (χ3n) is 5.19. The molecule has 2 fully saturated rings. The molecule has 0 atom stereocenters. The van der Waals surface area contributed by atoms with E-state index in [1.54, 1.807) is 0 Å². The predicted molar refractivity (Wildman–Crippen MR) is 92.2 cm³/mol. The monoisotopic (exact) mass is 323 g/mol. The van der Waals surface area contributed by atoms with Crippen LogP contribution >= 0.6 is 0 Å². The van der Waals surface area contributed by atoms with Crippen LogP contribution in [0.3, 0.4) is 0 Å². The molecule has 1 N–H and O–H groups in total. The molecular formula is C18H33N3O2. The van der Waals surface area contributed by atoms with Crippen molar-refractivity contribution in [3.8, 4) is 0 Å². The van der Waals surface area contributed by atoms with Crippen LogP contribution in [0.15, 0.2) is 0 Å². The van der Waals surface area contributed by atoms with Crippen molar-refractivity contribution in [1.82, 2.24) is 15.1 Å². The van der Waals surface area contributed by atoms with Crippen molar-refractivity contribution >= 4 is 11.8 Å². The Kier molecular flexibility index (Phi) is 7.86. The van der Waals surface area contributed by atoms with Crippen molar-refractivity contribution in [1.29, 1.82) is 0 Å². The van der Waals surface area contributed by atoms with E-state index in [1.807, 2.05) is 4.90 Å². The van der Waals surface area contributed by atoms with Gasteiger partial charge in [0.25, 0.3) is 0 Å². The number of hydrogen-bond acceptors (Lipinski definition) is 3. The molecule has 2 aliphatic rings. The van der Waals surface area contributed by atoms with E-state index in [1.165, 1.54) is 25.7 Å². The van der Waals surface area contributed by atoms with Crippen LogP contribution in [-0.2, 0) is 9.59 Å². The van der Waals surface area contributed by atoms with Crippen LogP contribution in [0.2, 0.25) is 0 Å². The Morgan fingerprint density at radius 2 is 2.00 bits per heavy atom. The van der Waals surface area contributed by atoms with Crippen LogP contribution in [0, 0.1) is 0 Å². The molecule has 2 rings (SSSR count). The summed E-state index contributed by atoms with van der Waals surface area (Å²) >= 11 is 0. The standard InChI is InChI=1S/C18H33N3O2/c1-2-20(16-9-5-6-10-16)15-17(22)19-12-8-14-21-13-7-3-4-11-18(21)23/h16H,2-15H2,1H3,(H,19,22). The van der Waals surface area contributed by atoms with E-state index in [2.05, 4.69) is 17.1 Å². The number of nitrogens with one attached hydrogen (secondary N) is 1. The van der Waals surface area contributed by atoms with Gasteiger partial charge in [-0.3, -0.25) is 14.5 Å². The van der Waals surface area contributed by atoms with Gasteiger partial charge in [0.1, 0.15) is 0 Å². The van der Waals surface area contributed by atoms with Gasteiger partial charge in [0.05, 0.1) is 6.54 Å². The smallest absolute Gasteiger partial charge is 0.234 e. The lowest BCUT2D eigenvalue weighted by Gasteiger charge is -2.26. The minimum atomic E-state index is 0.126. The fourth-order valence-electron chi connectivity index (χ4n) is 3.78. The summed E-state index contributed by atoms with van der Waals surface area (Å²) in [5, 5.41) is 3.02. The van der Waals surface area contributed by atoms with Crippen LogP contribution in [0.1, 0.15) is 64.7 Å². The summed E-state index contributed by atoms with van der Waals surface area (Å²) in [4.78, 5) is 28.3. The van der Waals surface area contributed by atoms with Crippen molar-refractivity contribution in [2.24, 2.45) is 0 Å². The molecule has 0 radical (unpaired) electrons. The summed E-state index contributed by atoms with van der Waals surface area (Å²) in [5.74, 6) is 0.410. The second-order valence-corrected chi connectivity index (χ2v) is 6.90. The molecule has 1 aliphatic carbocycles. The molecule has 0 aromatic heterocycles. The molecule has 132 valence electrons. The van der Waals surface area contributed by atoms with Gasteiger partial charge in [-0.2, -0.15) is 0 Å². The van der Waals surface area contributed by atoms with E-state index in [9.17, 15) is 9.59 Å². The lowest BCUT2D eigenvalue weighted by Crippen LogP contribution is -2.42.